The van der Waals surface area contributed by atoms with Gasteiger partial charge in [-0.15, -0.1) is 0 Å². The number of pyridine rings is 1. The third kappa shape index (κ3) is 1.62. The van der Waals surface area contributed by atoms with E-state index in [-0.39, 0.29) is 0 Å². The van der Waals surface area contributed by atoms with Gasteiger partial charge in [-0.25, -0.2) is 9.67 Å². The number of hydrogen-bond acceptors (Lipinski definition) is 5. The van der Waals surface area contributed by atoms with Crippen LogP contribution in [0.4, 0.5) is 5.69 Å². The molecule has 0 aliphatic carbocycles. The fraction of sp³-hybridized carbons (Fsp3) is 0.133. The zero-order valence-electron chi connectivity index (χ0n) is 11.7. The lowest BCUT2D eigenvalue weighted by molar-refractivity contribution is 0.561. The monoisotopic (exact) mass is 279 g/mol. The van der Waals surface area contributed by atoms with Crippen LogP contribution in [-0.4, -0.2) is 19.7 Å². The first kappa shape index (κ1) is 11.9. The minimum Gasteiger partial charge on any atom is -0.441 e. The zero-order valence-corrected chi connectivity index (χ0v) is 11.7. The Labute approximate surface area is 120 Å². The van der Waals surface area contributed by atoms with Crippen molar-refractivity contribution in [2.45, 2.75) is 13.8 Å². The maximum Gasteiger partial charge on any atom is 0.192 e. The van der Waals surface area contributed by atoms with Crippen LogP contribution in [0.25, 0.3) is 27.8 Å². The summed E-state index contributed by atoms with van der Waals surface area (Å²) in [7, 11) is 0. The number of hydrogen-bond donors (Lipinski definition) is 1. The van der Waals surface area contributed by atoms with E-state index in [1.807, 2.05) is 36.7 Å². The molecule has 3 aromatic heterocycles. The predicted octanol–water partition coefficient (Wildman–Crippen LogP) is 2.76. The van der Waals surface area contributed by atoms with Gasteiger partial charge in [0.15, 0.2) is 11.5 Å². The lowest BCUT2D eigenvalue weighted by atomic mass is 10.2. The maximum atomic E-state index is 5.98. The zero-order chi connectivity index (χ0) is 14.6. The molecule has 6 nitrogen and oxygen atoms in total. The Kier molecular flexibility index (Phi) is 2.29. The minimum atomic E-state index is 0.616. The average molecular weight is 279 g/mol. The molecule has 104 valence electrons. The van der Waals surface area contributed by atoms with Gasteiger partial charge >= 0.3 is 0 Å². The Morgan fingerprint density at radius 3 is 2.76 bits per heavy atom. The standard InChI is InChI=1S/C15H13N5O/c1-8-13-14(10(16)6-7-17-13)19-20(8)11-4-3-5-12-15(11)18-9(2)21-12/h3-7H,16H2,1-2H3. The highest BCUT2D eigenvalue weighted by Crippen LogP contribution is 2.27. The van der Waals surface area contributed by atoms with E-state index in [2.05, 4.69) is 15.1 Å². The molecular formula is C15H13N5O. The number of fused-ring (bicyclic) bond motifs is 2. The number of rotatable bonds is 1. The molecule has 4 rings (SSSR count). The van der Waals surface area contributed by atoms with E-state index in [0.29, 0.717) is 17.1 Å². The van der Waals surface area contributed by atoms with Crippen molar-refractivity contribution in [3.8, 4) is 5.69 Å². The maximum absolute atomic E-state index is 5.98. The Hall–Kier alpha value is -2.89. The lowest BCUT2D eigenvalue weighted by Gasteiger charge is -2.03. The van der Waals surface area contributed by atoms with Gasteiger partial charge in [-0.1, -0.05) is 6.07 Å². The molecule has 0 aliphatic rings. The first-order valence-corrected chi connectivity index (χ1v) is 6.61. The molecule has 6 heteroatoms. The predicted molar refractivity (Wildman–Crippen MR) is 80.3 cm³/mol. The van der Waals surface area contributed by atoms with Crippen molar-refractivity contribution >= 4 is 27.8 Å². The summed E-state index contributed by atoms with van der Waals surface area (Å²) in [6, 6.07) is 7.52. The highest BCUT2D eigenvalue weighted by atomic mass is 16.3. The van der Waals surface area contributed by atoms with E-state index in [0.717, 1.165) is 28.0 Å². The van der Waals surface area contributed by atoms with Crippen LogP contribution >= 0.6 is 0 Å². The Morgan fingerprint density at radius 2 is 1.95 bits per heavy atom. The number of nitrogens with two attached hydrogens (primary N) is 1. The van der Waals surface area contributed by atoms with Gasteiger partial charge < -0.3 is 10.2 Å². The Balaban J connectivity index is 2.09. The van der Waals surface area contributed by atoms with Gasteiger partial charge in [0, 0.05) is 13.1 Å². The van der Waals surface area contributed by atoms with Gasteiger partial charge in [0.25, 0.3) is 0 Å². The van der Waals surface area contributed by atoms with Crippen molar-refractivity contribution in [2.75, 3.05) is 5.73 Å². The molecule has 0 amide bonds. The first-order valence-electron chi connectivity index (χ1n) is 6.61. The second kappa shape index (κ2) is 4.05. The van der Waals surface area contributed by atoms with Crippen molar-refractivity contribution in [3.63, 3.8) is 0 Å². The van der Waals surface area contributed by atoms with Crippen LogP contribution in [0.3, 0.4) is 0 Å². The highest BCUT2D eigenvalue weighted by molar-refractivity contribution is 5.89. The molecule has 0 spiro atoms. The van der Waals surface area contributed by atoms with Gasteiger partial charge in [0.05, 0.1) is 17.1 Å². The van der Waals surface area contributed by atoms with Crippen LogP contribution < -0.4 is 5.73 Å². The van der Waals surface area contributed by atoms with Gasteiger partial charge in [-0.3, -0.25) is 4.98 Å². The largest absolute Gasteiger partial charge is 0.441 e. The molecule has 0 saturated heterocycles. The number of anilines is 1. The number of aryl methyl sites for hydroxylation is 2. The molecule has 1 aromatic carbocycles. The molecule has 21 heavy (non-hydrogen) atoms. The number of nitrogens with zero attached hydrogens (tertiary/aromatic N) is 4. The van der Waals surface area contributed by atoms with Crippen molar-refractivity contribution in [1.82, 2.24) is 19.7 Å². The Bertz CT molecular complexity index is 982. The van der Waals surface area contributed by atoms with E-state index in [1.54, 1.807) is 12.3 Å². The van der Waals surface area contributed by atoms with Crippen LogP contribution in [0.1, 0.15) is 11.6 Å². The van der Waals surface area contributed by atoms with Crippen molar-refractivity contribution < 1.29 is 4.42 Å². The molecule has 0 unspecified atom stereocenters. The fourth-order valence-electron chi connectivity index (χ4n) is 2.56. The van der Waals surface area contributed by atoms with Crippen LogP contribution in [0.5, 0.6) is 0 Å². The number of oxazole rings is 1. The van der Waals surface area contributed by atoms with E-state index in [4.69, 9.17) is 10.2 Å². The fourth-order valence-corrected chi connectivity index (χ4v) is 2.56. The number of nitrogen functional groups attached to an aromatic ring is 1. The third-order valence-electron chi connectivity index (χ3n) is 3.55. The molecular weight excluding hydrogens is 266 g/mol. The van der Waals surface area contributed by atoms with Crippen LogP contribution in [-0.2, 0) is 0 Å². The molecule has 2 N–H and O–H groups in total. The summed E-state index contributed by atoms with van der Waals surface area (Å²) < 4.78 is 7.39. The summed E-state index contributed by atoms with van der Waals surface area (Å²) in [6.07, 6.45) is 1.69. The SMILES string of the molecule is Cc1nc2c(-n3nc4c(N)ccnc4c3C)cccc2o1. The Morgan fingerprint density at radius 1 is 1.10 bits per heavy atom. The number of para-hydroxylation sites is 1. The molecule has 0 fully saturated rings. The number of aromatic nitrogens is 4. The summed E-state index contributed by atoms with van der Waals surface area (Å²) in [6.45, 7) is 3.79. The van der Waals surface area contributed by atoms with E-state index < -0.39 is 0 Å². The average Bonchev–Trinajstić information content (AvgIpc) is 3.00. The first-order chi connectivity index (χ1) is 10.1. The molecule has 0 bridgehead atoms. The van der Waals surface area contributed by atoms with Gasteiger partial charge in [0.1, 0.15) is 16.6 Å². The summed E-state index contributed by atoms with van der Waals surface area (Å²) in [5.74, 6) is 0.629. The van der Waals surface area contributed by atoms with Crippen molar-refractivity contribution in [3.05, 3.63) is 42.0 Å². The topological polar surface area (TPSA) is 82.8 Å². The van der Waals surface area contributed by atoms with Crippen LogP contribution in [0.2, 0.25) is 0 Å². The lowest BCUT2D eigenvalue weighted by Crippen LogP contribution is -1.99. The quantitative estimate of drug-likeness (QED) is 0.579. The molecule has 0 aliphatic heterocycles. The summed E-state index contributed by atoms with van der Waals surface area (Å²) in [5, 5.41) is 4.59. The van der Waals surface area contributed by atoms with Crippen molar-refractivity contribution in [2.24, 2.45) is 0 Å². The molecule has 3 heterocycles. The van der Waals surface area contributed by atoms with Crippen LogP contribution in [0.15, 0.2) is 34.9 Å². The second-order valence-corrected chi connectivity index (χ2v) is 4.95. The van der Waals surface area contributed by atoms with Crippen LogP contribution in [0, 0.1) is 13.8 Å². The van der Waals surface area contributed by atoms with Crippen molar-refractivity contribution in [1.29, 1.82) is 0 Å². The van der Waals surface area contributed by atoms with Gasteiger partial charge in [-0.05, 0) is 25.1 Å². The highest BCUT2D eigenvalue weighted by Gasteiger charge is 2.16. The second-order valence-electron chi connectivity index (χ2n) is 4.95. The molecule has 0 atom stereocenters. The summed E-state index contributed by atoms with van der Waals surface area (Å²) in [5.41, 5.74) is 11.4. The molecule has 4 aromatic rings. The normalized spacial score (nSPS) is 11.5. The van der Waals surface area contributed by atoms with Gasteiger partial charge in [0.2, 0.25) is 0 Å². The van der Waals surface area contributed by atoms with E-state index in [9.17, 15) is 0 Å². The van der Waals surface area contributed by atoms with E-state index >= 15 is 0 Å². The summed E-state index contributed by atoms with van der Waals surface area (Å²) in [4.78, 5) is 8.81. The summed E-state index contributed by atoms with van der Waals surface area (Å²) >= 11 is 0. The minimum absolute atomic E-state index is 0.616. The third-order valence-corrected chi connectivity index (χ3v) is 3.55. The molecule has 0 radical (unpaired) electrons. The van der Waals surface area contributed by atoms with Gasteiger partial charge in [-0.2, -0.15) is 5.10 Å². The van der Waals surface area contributed by atoms with E-state index in [1.165, 1.54) is 0 Å². The molecule has 0 saturated carbocycles. The smallest absolute Gasteiger partial charge is 0.192 e. The number of benzene rings is 1.